The number of carbonyl (C=O) groups excluding carboxylic acids is 2. The highest BCUT2D eigenvalue weighted by Gasteiger charge is 2.36. The van der Waals surface area contributed by atoms with E-state index in [1.54, 1.807) is 47.6 Å². The number of benzene rings is 2. The zero-order valence-corrected chi connectivity index (χ0v) is 18.8. The van der Waals surface area contributed by atoms with E-state index >= 15 is 0 Å². The summed E-state index contributed by atoms with van der Waals surface area (Å²) in [7, 11) is 1.59. The average Bonchev–Trinajstić information content (AvgIpc) is 3.31. The smallest absolute Gasteiger partial charge is 0.238 e. The molecule has 6 nitrogen and oxygen atoms in total. The van der Waals surface area contributed by atoms with Gasteiger partial charge in [-0.1, -0.05) is 17.8 Å². The van der Waals surface area contributed by atoms with Crippen molar-refractivity contribution in [2.75, 3.05) is 12.4 Å². The first-order valence-electron chi connectivity index (χ1n) is 9.80. The first kappa shape index (κ1) is 22.0. The molecule has 0 radical (unpaired) electrons. The fourth-order valence-electron chi connectivity index (χ4n) is 3.08. The topological polar surface area (TPSA) is 71.0 Å². The highest BCUT2D eigenvalue weighted by molar-refractivity contribution is 8.15. The fourth-order valence-corrected chi connectivity index (χ4v) is 4.87. The number of amides is 2. The molecule has 0 aliphatic carbocycles. The molecule has 9 heteroatoms. The summed E-state index contributed by atoms with van der Waals surface area (Å²) in [5.74, 6) is -0.187. The second kappa shape index (κ2) is 9.97. The molecular weight excluding hydrogens is 449 g/mol. The third-order valence-electron chi connectivity index (χ3n) is 4.74. The van der Waals surface area contributed by atoms with Crippen LogP contribution in [0.3, 0.4) is 0 Å². The molecule has 1 saturated heterocycles. The normalized spacial score (nSPS) is 17.4. The SMILES string of the molecule is COc1ccc(N=C2SC(C(=O)Nc3ccc(F)cc3)CC(=O)N2Cc2cccs2)cc1. The zero-order chi connectivity index (χ0) is 22.5. The lowest BCUT2D eigenvalue weighted by Crippen LogP contribution is -2.44. The summed E-state index contributed by atoms with van der Waals surface area (Å²) in [6.45, 7) is 0.394. The number of thioether (sulfide) groups is 1. The lowest BCUT2D eigenvalue weighted by molar-refractivity contribution is -0.129. The maximum absolute atomic E-state index is 13.1. The minimum absolute atomic E-state index is 0.0463. The Bertz CT molecular complexity index is 1120. The number of thiophene rings is 1. The number of nitrogens with zero attached hydrogens (tertiary/aromatic N) is 2. The number of amidine groups is 1. The second-order valence-corrected chi connectivity index (χ2v) is 9.16. The molecule has 1 aliphatic heterocycles. The Morgan fingerprint density at radius 2 is 1.94 bits per heavy atom. The summed E-state index contributed by atoms with van der Waals surface area (Å²) in [4.78, 5) is 33.2. The molecule has 2 amide bonds. The molecule has 1 N–H and O–H groups in total. The number of halogens is 1. The van der Waals surface area contributed by atoms with Crippen LogP contribution < -0.4 is 10.1 Å². The summed E-state index contributed by atoms with van der Waals surface area (Å²) in [6.07, 6.45) is 0.0463. The van der Waals surface area contributed by atoms with Crippen molar-refractivity contribution in [2.45, 2.75) is 18.2 Å². The Labute approximate surface area is 193 Å². The molecule has 32 heavy (non-hydrogen) atoms. The van der Waals surface area contributed by atoms with Crippen molar-refractivity contribution >= 4 is 51.5 Å². The van der Waals surface area contributed by atoms with Crippen LogP contribution in [0, 0.1) is 5.82 Å². The van der Waals surface area contributed by atoms with Crippen LogP contribution >= 0.6 is 23.1 Å². The molecule has 2 aromatic carbocycles. The van der Waals surface area contributed by atoms with Crippen LogP contribution in [0.15, 0.2) is 71.0 Å². The number of hydrogen-bond donors (Lipinski definition) is 1. The van der Waals surface area contributed by atoms with Gasteiger partial charge in [-0.25, -0.2) is 9.38 Å². The number of hydrogen-bond acceptors (Lipinski definition) is 6. The van der Waals surface area contributed by atoms with Gasteiger partial charge in [-0.15, -0.1) is 11.3 Å². The van der Waals surface area contributed by atoms with Gasteiger partial charge in [0, 0.05) is 17.0 Å². The van der Waals surface area contributed by atoms with Crippen molar-refractivity contribution < 1.29 is 18.7 Å². The molecule has 0 bridgehead atoms. The molecule has 0 spiro atoms. The number of nitrogens with one attached hydrogen (secondary N) is 1. The third-order valence-corrected chi connectivity index (χ3v) is 6.78. The summed E-state index contributed by atoms with van der Waals surface area (Å²) < 4.78 is 18.3. The minimum Gasteiger partial charge on any atom is -0.497 e. The minimum atomic E-state index is -0.649. The van der Waals surface area contributed by atoms with E-state index < -0.39 is 5.25 Å². The van der Waals surface area contributed by atoms with Gasteiger partial charge >= 0.3 is 0 Å². The van der Waals surface area contributed by atoms with E-state index in [2.05, 4.69) is 10.3 Å². The van der Waals surface area contributed by atoms with Crippen LogP contribution in [0.5, 0.6) is 5.75 Å². The largest absolute Gasteiger partial charge is 0.497 e. The fraction of sp³-hybridized carbons (Fsp3) is 0.174. The van der Waals surface area contributed by atoms with Crippen LogP contribution in [-0.2, 0) is 16.1 Å². The second-order valence-electron chi connectivity index (χ2n) is 6.96. The summed E-state index contributed by atoms with van der Waals surface area (Å²) >= 11 is 2.80. The summed E-state index contributed by atoms with van der Waals surface area (Å²) in [6, 6.07) is 16.6. The Kier molecular flexibility index (Phi) is 6.87. The average molecular weight is 470 g/mol. The van der Waals surface area contributed by atoms with Gasteiger partial charge in [0.2, 0.25) is 11.8 Å². The van der Waals surface area contributed by atoms with E-state index in [4.69, 9.17) is 4.74 Å². The van der Waals surface area contributed by atoms with Gasteiger partial charge in [0.25, 0.3) is 0 Å². The van der Waals surface area contributed by atoms with Gasteiger partial charge < -0.3 is 10.1 Å². The predicted octanol–water partition coefficient (Wildman–Crippen LogP) is 5.06. The Balaban J connectivity index is 1.58. The summed E-state index contributed by atoms with van der Waals surface area (Å²) in [5, 5.41) is 4.52. The molecule has 0 saturated carbocycles. The van der Waals surface area contributed by atoms with Crippen LogP contribution in [0.25, 0.3) is 0 Å². The summed E-state index contributed by atoms with van der Waals surface area (Å²) in [5.41, 5.74) is 1.12. The van der Waals surface area contributed by atoms with Gasteiger partial charge in [-0.2, -0.15) is 0 Å². The van der Waals surface area contributed by atoms with Crippen molar-refractivity contribution in [3.05, 3.63) is 76.7 Å². The third kappa shape index (κ3) is 5.35. The Morgan fingerprint density at radius 1 is 1.19 bits per heavy atom. The van der Waals surface area contributed by atoms with Crippen LogP contribution in [-0.4, -0.2) is 34.2 Å². The maximum Gasteiger partial charge on any atom is 0.238 e. The monoisotopic (exact) mass is 469 g/mol. The molecule has 1 atom stereocenters. The van der Waals surface area contributed by atoms with E-state index in [0.29, 0.717) is 28.8 Å². The molecule has 1 aliphatic rings. The molecular formula is C23H20FN3O3S2. The molecule has 3 aromatic rings. The van der Waals surface area contributed by atoms with Gasteiger partial charge in [-0.05, 0) is 60.0 Å². The highest BCUT2D eigenvalue weighted by Crippen LogP contribution is 2.32. The van der Waals surface area contributed by atoms with Crippen molar-refractivity contribution in [1.29, 1.82) is 0 Å². The number of carbonyl (C=O) groups is 2. The van der Waals surface area contributed by atoms with Gasteiger partial charge in [0.15, 0.2) is 5.17 Å². The molecule has 4 rings (SSSR count). The molecule has 1 aromatic heterocycles. The molecule has 1 fully saturated rings. The molecule has 1 unspecified atom stereocenters. The van der Waals surface area contributed by atoms with Gasteiger partial charge in [0.1, 0.15) is 16.8 Å². The number of aliphatic imine (C=N–C) groups is 1. The quantitative estimate of drug-likeness (QED) is 0.548. The number of anilines is 1. The predicted molar refractivity (Wildman–Crippen MR) is 126 cm³/mol. The molecule has 2 heterocycles. The highest BCUT2D eigenvalue weighted by atomic mass is 32.2. The van der Waals surface area contributed by atoms with Crippen molar-refractivity contribution in [1.82, 2.24) is 4.90 Å². The first-order chi connectivity index (χ1) is 15.5. The lowest BCUT2D eigenvalue weighted by Gasteiger charge is -2.31. The number of rotatable bonds is 6. The van der Waals surface area contributed by atoms with Gasteiger partial charge in [-0.3, -0.25) is 14.5 Å². The standard InChI is InChI=1S/C23H20FN3O3S2/c1-30-18-10-8-17(9-11-18)26-23-27(14-19-3-2-12-31-19)21(28)13-20(32-23)22(29)25-16-6-4-15(24)5-7-16/h2-12,20H,13-14H2,1H3,(H,25,29). The molecule has 164 valence electrons. The van der Waals surface area contributed by atoms with Crippen molar-refractivity contribution in [3.63, 3.8) is 0 Å². The first-order valence-corrected chi connectivity index (χ1v) is 11.6. The van der Waals surface area contributed by atoms with Crippen LogP contribution in [0.1, 0.15) is 11.3 Å². The number of methoxy groups -OCH3 is 1. The van der Waals surface area contributed by atoms with E-state index in [1.165, 1.54) is 36.0 Å². The Hall–Kier alpha value is -3.17. The van der Waals surface area contributed by atoms with E-state index in [9.17, 15) is 14.0 Å². The van der Waals surface area contributed by atoms with Crippen molar-refractivity contribution in [3.8, 4) is 5.75 Å². The van der Waals surface area contributed by atoms with Crippen LogP contribution in [0.2, 0.25) is 0 Å². The van der Waals surface area contributed by atoms with Crippen LogP contribution in [0.4, 0.5) is 15.8 Å². The number of ether oxygens (including phenoxy) is 1. The lowest BCUT2D eigenvalue weighted by atomic mass is 10.2. The maximum atomic E-state index is 13.1. The van der Waals surface area contributed by atoms with Gasteiger partial charge in [0.05, 0.1) is 19.3 Å². The van der Waals surface area contributed by atoms with Crippen molar-refractivity contribution in [2.24, 2.45) is 4.99 Å². The van der Waals surface area contributed by atoms with E-state index in [0.717, 1.165) is 4.88 Å². The Morgan fingerprint density at radius 3 is 2.59 bits per heavy atom. The zero-order valence-electron chi connectivity index (χ0n) is 17.2. The van der Waals surface area contributed by atoms with E-state index in [-0.39, 0.29) is 24.1 Å². The van der Waals surface area contributed by atoms with E-state index in [1.807, 2.05) is 17.5 Å².